The molecule has 0 nitrogen and oxygen atoms in total. The van der Waals surface area contributed by atoms with Crippen LogP contribution in [0.4, 0.5) is 0 Å². The van der Waals surface area contributed by atoms with E-state index in [-0.39, 0.29) is 0 Å². The van der Waals surface area contributed by atoms with E-state index in [1.54, 1.807) is 0 Å². The second-order valence-corrected chi connectivity index (χ2v) is 3.39. The van der Waals surface area contributed by atoms with Crippen LogP contribution in [0.2, 0.25) is 0 Å². The van der Waals surface area contributed by atoms with Crippen LogP contribution in [0.15, 0.2) is 0 Å². The van der Waals surface area contributed by atoms with E-state index in [1.165, 1.54) is 32.1 Å². The average Bonchev–Trinajstić information content (AvgIpc) is 2.74. The maximum absolute atomic E-state index is 2.28. The molecule has 0 aromatic rings. The Balaban J connectivity index is 0. The molecule has 11 heavy (non-hydrogen) atoms. The SMILES string of the molecule is CC1CC1.CCC.CCCC. The van der Waals surface area contributed by atoms with Crippen molar-refractivity contribution in [3.8, 4) is 0 Å². The van der Waals surface area contributed by atoms with Crippen molar-refractivity contribution in [2.75, 3.05) is 0 Å². The fraction of sp³-hybridized carbons (Fsp3) is 1.00. The van der Waals surface area contributed by atoms with Crippen LogP contribution in [0.25, 0.3) is 0 Å². The minimum atomic E-state index is 1.08. The van der Waals surface area contributed by atoms with E-state index in [2.05, 4.69) is 34.6 Å². The van der Waals surface area contributed by atoms with Crippen molar-refractivity contribution in [2.45, 2.75) is 66.7 Å². The second kappa shape index (κ2) is 12.7. The first-order valence-corrected chi connectivity index (χ1v) is 5.22. The van der Waals surface area contributed by atoms with E-state index in [4.69, 9.17) is 0 Å². The van der Waals surface area contributed by atoms with Crippen LogP contribution < -0.4 is 0 Å². The lowest BCUT2D eigenvalue weighted by atomic mass is 10.4. The topological polar surface area (TPSA) is 0 Å². The fourth-order valence-electron chi connectivity index (χ4n) is 0.167. The van der Waals surface area contributed by atoms with Crippen LogP contribution in [0.1, 0.15) is 66.7 Å². The smallest absolute Gasteiger partial charge is 0.0443 e. The quantitative estimate of drug-likeness (QED) is 0.521. The molecule has 0 unspecified atom stereocenters. The summed E-state index contributed by atoms with van der Waals surface area (Å²) in [6.45, 7) is 10.9. The summed E-state index contributed by atoms with van der Waals surface area (Å²) in [6, 6.07) is 0. The predicted molar refractivity (Wildman–Crippen MR) is 54.9 cm³/mol. The number of rotatable bonds is 1. The normalized spacial score (nSPS) is 13.9. The van der Waals surface area contributed by atoms with Gasteiger partial charge >= 0.3 is 0 Å². The average molecular weight is 158 g/mol. The summed E-state index contributed by atoms with van der Waals surface area (Å²) in [7, 11) is 0. The Bertz CT molecular complexity index is 42.0. The van der Waals surface area contributed by atoms with E-state index in [0.717, 1.165) is 5.92 Å². The molecule has 0 heteroatoms. The molecule has 0 N–H and O–H groups in total. The van der Waals surface area contributed by atoms with Gasteiger partial charge in [0.05, 0.1) is 0 Å². The molecule has 0 heterocycles. The molecule has 0 bridgehead atoms. The highest BCUT2D eigenvalue weighted by Gasteiger charge is 2.12. The lowest BCUT2D eigenvalue weighted by Crippen LogP contribution is -1.47. The van der Waals surface area contributed by atoms with Gasteiger partial charge in [0, 0.05) is 0 Å². The largest absolute Gasteiger partial charge is 0.0656 e. The molecule has 1 aliphatic carbocycles. The van der Waals surface area contributed by atoms with Crippen LogP contribution in [-0.2, 0) is 0 Å². The van der Waals surface area contributed by atoms with Crippen LogP contribution in [0, 0.1) is 5.92 Å². The third-order valence-corrected chi connectivity index (χ3v) is 1.37. The van der Waals surface area contributed by atoms with Gasteiger partial charge < -0.3 is 0 Å². The molecular weight excluding hydrogens is 132 g/mol. The molecule has 1 saturated carbocycles. The van der Waals surface area contributed by atoms with Gasteiger partial charge in [-0.15, -0.1) is 0 Å². The monoisotopic (exact) mass is 158 g/mol. The Labute approximate surface area is 73.4 Å². The van der Waals surface area contributed by atoms with Gasteiger partial charge in [-0.1, -0.05) is 66.7 Å². The molecule has 0 spiro atoms. The molecule has 1 aliphatic rings. The van der Waals surface area contributed by atoms with E-state index >= 15 is 0 Å². The summed E-state index contributed by atoms with van der Waals surface area (Å²) in [5, 5.41) is 0. The molecule has 0 aromatic carbocycles. The van der Waals surface area contributed by atoms with Crippen LogP contribution >= 0.6 is 0 Å². The highest BCUT2D eigenvalue weighted by atomic mass is 14.2. The molecule has 1 fully saturated rings. The summed E-state index contributed by atoms with van der Waals surface area (Å²) in [6.07, 6.45) is 6.86. The molecule has 1 rings (SSSR count). The minimum absolute atomic E-state index is 1.08. The number of unbranched alkanes of at least 4 members (excludes halogenated alkanes) is 1. The molecule has 0 atom stereocenters. The predicted octanol–water partition coefficient (Wildman–Crippen LogP) is 4.64. The first kappa shape index (κ1) is 13.6. The van der Waals surface area contributed by atoms with E-state index in [1.807, 2.05) is 0 Å². The third kappa shape index (κ3) is 40.0. The Morgan fingerprint density at radius 1 is 0.909 bits per heavy atom. The van der Waals surface area contributed by atoms with Gasteiger partial charge in [-0.25, -0.2) is 0 Å². The lowest BCUT2D eigenvalue weighted by molar-refractivity contribution is 0.886. The zero-order valence-electron chi connectivity index (χ0n) is 9.11. The number of hydrogen-bond donors (Lipinski definition) is 0. The van der Waals surface area contributed by atoms with E-state index in [9.17, 15) is 0 Å². The van der Waals surface area contributed by atoms with E-state index in [0.29, 0.717) is 0 Å². The Kier molecular flexibility index (Phi) is 15.6. The first-order valence-electron chi connectivity index (χ1n) is 5.22. The van der Waals surface area contributed by atoms with Gasteiger partial charge in [0.1, 0.15) is 0 Å². The van der Waals surface area contributed by atoms with Crippen molar-refractivity contribution in [1.82, 2.24) is 0 Å². The van der Waals surface area contributed by atoms with Crippen molar-refractivity contribution >= 4 is 0 Å². The fourth-order valence-corrected chi connectivity index (χ4v) is 0.167. The molecular formula is C11H26. The Morgan fingerprint density at radius 2 is 1.09 bits per heavy atom. The van der Waals surface area contributed by atoms with Crippen LogP contribution in [-0.4, -0.2) is 0 Å². The third-order valence-electron chi connectivity index (χ3n) is 1.37. The Morgan fingerprint density at radius 3 is 1.09 bits per heavy atom. The molecule has 0 aliphatic heterocycles. The van der Waals surface area contributed by atoms with Crippen molar-refractivity contribution in [3.63, 3.8) is 0 Å². The maximum Gasteiger partial charge on any atom is -0.0443 e. The maximum atomic E-state index is 2.28. The number of hydrogen-bond acceptors (Lipinski definition) is 0. The summed E-state index contributed by atoms with van der Waals surface area (Å²) in [5.41, 5.74) is 0. The van der Waals surface area contributed by atoms with Gasteiger partial charge in [-0.2, -0.15) is 0 Å². The van der Waals surface area contributed by atoms with Crippen molar-refractivity contribution in [3.05, 3.63) is 0 Å². The molecule has 0 amide bonds. The van der Waals surface area contributed by atoms with Crippen molar-refractivity contribution in [1.29, 1.82) is 0 Å². The molecule has 0 radical (unpaired) electrons. The highest BCUT2D eigenvalue weighted by molar-refractivity contribution is 4.65. The summed E-state index contributed by atoms with van der Waals surface area (Å²) < 4.78 is 0. The first-order chi connectivity index (χ1) is 5.22. The lowest BCUT2D eigenvalue weighted by Gasteiger charge is -1.68. The molecule has 0 saturated heterocycles. The highest BCUT2D eigenvalue weighted by Crippen LogP contribution is 2.26. The molecule has 0 aromatic heterocycles. The van der Waals surface area contributed by atoms with Gasteiger partial charge in [-0.05, 0) is 5.92 Å². The zero-order chi connectivity index (χ0) is 9.11. The molecule has 70 valence electrons. The van der Waals surface area contributed by atoms with Crippen LogP contribution in [0.5, 0.6) is 0 Å². The summed E-state index contributed by atoms with van der Waals surface area (Å²) in [4.78, 5) is 0. The van der Waals surface area contributed by atoms with Gasteiger partial charge in [0.2, 0.25) is 0 Å². The van der Waals surface area contributed by atoms with Gasteiger partial charge in [0.25, 0.3) is 0 Å². The van der Waals surface area contributed by atoms with Gasteiger partial charge in [0.15, 0.2) is 0 Å². The minimum Gasteiger partial charge on any atom is -0.0656 e. The van der Waals surface area contributed by atoms with Gasteiger partial charge in [-0.3, -0.25) is 0 Å². The van der Waals surface area contributed by atoms with E-state index < -0.39 is 0 Å². The zero-order valence-corrected chi connectivity index (χ0v) is 9.11. The Hall–Kier alpha value is 0. The van der Waals surface area contributed by atoms with Crippen molar-refractivity contribution < 1.29 is 0 Å². The van der Waals surface area contributed by atoms with Crippen molar-refractivity contribution in [2.24, 2.45) is 5.92 Å². The summed E-state index contributed by atoms with van der Waals surface area (Å²) in [5.74, 6) is 1.08. The summed E-state index contributed by atoms with van der Waals surface area (Å²) >= 11 is 0. The standard InChI is InChI=1S/C4H8.C4H10.C3H8/c1-4-2-3-4;1-3-4-2;1-3-2/h4H,2-3H2,1H3;3-4H2,1-2H3;3H2,1-2H3. The van der Waals surface area contributed by atoms with Crippen LogP contribution in [0.3, 0.4) is 0 Å². The second-order valence-electron chi connectivity index (χ2n) is 3.39.